The Labute approximate surface area is 352 Å². The molecule has 282 valence electrons. The molecule has 0 heterocycles. The summed E-state index contributed by atoms with van der Waals surface area (Å²) in [4.78, 5) is 2.46. The van der Waals surface area contributed by atoms with Crippen LogP contribution in [0.5, 0.6) is 0 Å². The Morgan fingerprint density at radius 1 is 0.283 bits per heavy atom. The van der Waals surface area contributed by atoms with Gasteiger partial charge in [0.05, 0.1) is 16.8 Å². The van der Waals surface area contributed by atoms with Gasteiger partial charge in [-0.1, -0.05) is 218 Å². The minimum Gasteiger partial charge on any atom is -0.309 e. The average Bonchev–Trinajstić information content (AvgIpc) is 3.63. The summed E-state index contributed by atoms with van der Waals surface area (Å²) in [7, 11) is 0. The van der Waals surface area contributed by atoms with Crippen LogP contribution < -0.4 is 4.90 Å². The molecule has 0 saturated carbocycles. The molecule has 0 unspecified atom stereocenters. The zero-order valence-electron chi connectivity index (χ0n) is 33.1. The van der Waals surface area contributed by atoms with Gasteiger partial charge in [-0.15, -0.1) is 0 Å². The number of fused-ring (bicyclic) bond motifs is 4. The lowest BCUT2D eigenvalue weighted by Gasteiger charge is -2.34. The Kier molecular flexibility index (Phi) is 8.79. The van der Waals surface area contributed by atoms with E-state index in [4.69, 9.17) is 0 Å². The summed E-state index contributed by atoms with van der Waals surface area (Å²) in [6.07, 6.45) is 0. The number of nitrogens with zero attached hydrogens (tertiary/aromatic N) is 1. The molecule has 1 nitrogen and oxygen atoms in total. The van der Waals surface area contributed by atoms with E-state index in [2.05, 4.69) is 254 Å². The summed E-state index contributed by atoms with van der Waals surface area (Å²) < 4.78 is 0. The third-order valence-corrected chi connectivity index (χ3v) is 12.4. The van der Waals surface area contributed by atoms with Gasteiger partial charge in [0.1, 0.15) is 0 Å². The maximum atomic E-state index is 2.47. The average molecular weight is 764 g/mol. The zero-order valence-corrected chi connectivity index (χ0v) is 33.1. The van der Waals surface area contributed by atoms with Gasteiger partial charge in [-0.2, -0.15) is 0 Å². The number of rotatable bonds is 8. The van der Waals surface area contributed by atoms with E-state index in [-0.39, 0.29) is 0 Å². The molecule has 1 heteroatoms. The standard InChI is InChI=1S/C59H41N/c1-5-21-42(22-6-1)49-34-19-23-43-24-20-35-53(58(43)49)52-33-15-18-38-57(52)60(47-29-11-4-12-30-47)56-37-17-14-31-48(56)44-39-40-51-50-32-13-16-36-54(50)59(55(51)41-44,45-25-7-2-8-26-45)46-27-9-3-10-28-46/h1-41H. The summed E-state index contributed by atoms with van der Waals surface area (Å²) in [5.41, 5.74) is 17.6. The van der Waals surface area contributed by atoms with E-state index in [0.29, 0.717) is 0 Å². The van der Waals surface area contributed by atoms with Gasteiger partial charge < -0.3 is 4.90 Å². The van der Waals surface area contributed by atoms with Crippen LogP contribution in [0.3, 0.4) is 0 Å². The largest absolute Gasteiger partial charge is 0.309 e. The van der Waals surface area contributed by atoms with Crippen LogP contribution in [-0.4, -0.2) is 0 Å². The highest BCUT2D eigenvalue weighted by molar-refractivity contribution is 6.09. The molecule has 1 aliphatic rings. The molecule has 0 aliphatic heterocycles. The van der Waals surface area contributed by atoms with Crippen molar-refractivity contribution in [3.8, 4) is 44.5 Å². The first-order valence-electron chi connectivity index (χ1n) is 20.8. The second kappa shape index (κ2) is 14.9. The maximum Gasteiger partial charge on any atom is 0.0713 e. The first-order valence-corrected chi connectivity index (χ1v) is 20.8. The van der Waals surface area contributed by atoms with Crippen molar-refractivity contribution in [1.82, 2.24) is 0 Å². The number of para-hydroxylation sites is 3. The minimum absolute atomic E-state index is 0.490. The smallest absolute Gasteiger partial charge is 0.0713 e. The molecular weight excluding hydrogens is 723 g/mol. The van der Waals surface area contributed by atoms with E-state index < -0.39 is 5.41 Å². The molecule has 0 saturated heterocycles. The number of hydrogen-bond acceptors (Lipinski definition) is 1. The Balaban J connectivity index is 1.15. The molecule has 0 fully saturated rings. The van der Waals surface area contributed by atoms with Gasteiger partial charge in [0, 0.05) is 16.8 Å². The highest BCUT2D eigenvalue weighted by Gasteiger charge is 2.46. The maximum absolute atomic E-state index is 2.47. The molecule has 0 amide bonds. The van der Waals surface area contributed by atoms with Crippen LogP contribution >= 0.6 is 0 Å². The lowest BCUT2D eigenvalue weighted by molar-refractivity contribution is 0.769. The molecule has 11 rings (SSSR count). The number of hydrogen-bond donors (Lipinski definition) is 0. The van der Waals surface area contributed by atoms with Gasteiger partial charge in [0.15, 0.2) is 0 Å². The van der Waals surface area contributed by atoms with Gasteiger partial charge >= 0.3 is 0 Å². The van der Waals surface area contributed by atoms with Crippen LogP contribution in [0.1, 0.15) is 22.3 Å². The molecule has 0 aromatic heterocycles. The van der Waals surface area contributed by atoms with Crippen LogP contribution in [0.4, 0.5) is 17.1 Å². The Morgan fingerprint density at radius 2 is 0.767 bits per heavy atom. The zero-order chi connectivity index (χ0) is 39.9. The monoisotopic (exact) mass is 763 g/mol. The molecule has 0 radical (unpaired) electrons. The minimum atomic E-state index is -0.490. The van der Waals surface area contributed by atoms with Crippen molar-refractivity contribution < 1.29 is 0 Å². The lowest BCUT2D eigenvalue weighted by Crippen LogP contribution is -2.28. The number of benzene rings is 10. The fourth-order valence-corrected chi connectivity index (χ4v) is 9.83. The second-order valence-electron chi connectivity index (χ2n) is 15.6. The third kappa shape index (κ3) is 5.70. The Bertz CT molecular complexity index is 3090. The van der Waals surface area contributed by atoms with Crippen molar-refractivity contribution in [2.24, 2.45) is 0 Å². The second-order valence-corrected chi connectivity index (χ2v) is 15.6. The topological polar surface area (TPSA) is 3.24 Å². The van der Waals surface area contributed by atoms with Crippen molar-refractivity contribution in [1.29, 1.82) is 0 Å². The van der Waals surface area contributed by atoms with E-state index in [1.807, 2.05) is 0 Å². The fourth-order valence-electron chi connectivity index (χ4n) is 9.83. The van der Waals surface area contributed by atoms with E-state index in [1.54, 1.807) is 0 Å². The van der Waals surface area contributed by atoms with Crippen molar-refractivity contribution in [2.75, 3.05) is 4.90 Å². The van der Waals surface area contributed by atoms with Crippen LogP contribution in [0.2, 0.25) is 0 Å². The third-order valence-electron chi connectivity index (χ3n) is 12.4. The Hall–Kier alpha value is -7.74. The lowest BCUT2D eigenvalue weighted by atomic mass is 9.67. The molecule has 60 heavy (non-hydrogen) atoms. The van der Waals surface area contributed by atoms with E-state index >= 15 is 0 Å². The predicted molar refractivity (Wildman–Crippen MR) is 252 cm³/mol. The summed E-state index contributed by atoms with van der Waals surface area (Å²) in [5, 5.41) is 2.46. The van der Waals surface area contributed by atoms with Gasteiger partial charge in [-0.25, -0.2) is 0 Å². The van der Waals surface area contributed by atoms with Crippen LogP contribution in [-0.2, 0) is 5.41 Å². The summed E-state index contributed by atoms with van der Waals surface area (Å²) in [5.74, 6) is 0. The van der Waals surface area contributed by atoms with Crippen LogP contribution in [0.15, 0.2) is 249 Å². The molecule has 0 N–H and O–H groups in total. The van der Waals surface area contributed by atoms with E-state index in [1.165, 1.54) is 72.0 Å². The van der Waals surface area contributed by atoms with Crippen LogP contribution in [0.25, 0.3) is 55.3 Å². The normalized spacial score (nSPS) is 12.5. The predicted octanol–water partition coefficient (Wildman–Crippen LogP) is 15.7. The van der Waals surface area contributed by atoms with Crippen molar-refractivity contribution in [2.45, 2.75) is 5.41 Å². The SMILES string of the molecule is c1ccc(-c2cccc3cccc(-c4ccccc4N(c4ccccc4)c4ccccc4-c4ccc5c(c4)C(c4ccccc4)(c4ccccc4)c4ccccc4-5)c23)cc1. The summed E-state index contributed by atoms with van der Waals surface area (Å²) in [6.45, 7) is 0. The molecule has 0 bridgehead atoms. The molecular formula is C59H41N. The first kappa shape index (κ1) is 35.4. The van der Waals surface area contributed by atoms with Gasteiger partial charge in [-0.3, -0.25) is 0 Å². The summed E-state index contributed by atoms with van der Waals surface area (Å²) >= 11 is 0. The van der Waals surface area contributed by atoms with Crippen molar-refractivity contribution in [3.63, 3.8) is 0 Å². The molecule has 1 aliphatic carbocycles. The van der Waals surface area contributed by atoms with Gasteiger partial charge in [-0.05, 0) is 96.7 Å². The molecule has 0 spiro atoms. The molecule has 10 aromatic carbocycles. The first-order chi connectivity index (χ1) is 29.8. The number of anilines is 3. The Morgan fingerprint density at radius 3 is 1.43 bits per heavy atom. The van der Waals surface area contributed by atoms with E-state index in [9.17, 15) is 0 Å². The quantitative estimate of drug-likeness (QED) is 0.149. The van der Waals surface area contributed by atoms with Gasteiger partial charge in [0.25, 0.3) is 0 Å². The molecule has 0 atom stereocenters. The highest BCUT2D eigenvalue weighted by atomic mass is 15.1. The van der Waals surface area contributed by atoms with Crippen molar-refractivity contribution >= 4 is 27.8 Å². The van der Waals surface area contributed by atoms with Crippen molar-refractivity contribution in [3.05, 3.63) is 271 Å². The van der Waals surface area contributed by atoms with Crippen LogP contribution in [0, 0.1) is 0 Å². The molecule has 10 aromatic rings. The summed E-state index contributed by atoms with van der Waals surface area (Å²) in [6, 6.07) is 91.0. The van der Waals surface area contributed by atoms with E-state index in [0.717, 1.165) is 22.6 Å². The highest BCUT2D eigenvalue weighted by Crippen LogP contribution is 2.57. The van der Waals surface area contributed by atoms with Gasteiger partial charge in [0.2, 0.25) is 0 Å². The fraction of sp³-hybridized carbons (Fsp3) is 0.0169.